The number of anilines is 2. The quantitative estimate of drug-likeness (QED) is 0.534. The van der Waals surface area contributed by atoms with Crippen molar-refractivity contribution < 1.29 is 23.9 Å². The van der Waals surface area contributed by atoms with Gasteiger partial charge < -0.3 is 10.1 Å². The highest BCUT2D eigenvalue weighted by atomic mass is 16.5. The van der Waals surface area contributed by atoms with Crippen LogP contribution in [0.4, 0.5) is 11.4 Å². The number of nitrogens with one attached hydrogen (secondary N) is 1. The third kappa shape index (κ3) is 3.33. The van der Waals surface area contributed by atoms with E-state index in [4.69, 9.17) is 0 Å². The molecule has 7 nitrogen and oxygen atoms in total. The van der Waals surface area contributed by atoms with Crippen molar-refractivity contribution >= 4 is 35.1 Å². The predicted molar refractivity (Wildman–Crippen MR) is 110 cm³/mol. The summed E-state index contributed by atoms with van der Waals surface area (Å²) >= 11 is 0. The molecule has 0 saturated carbocycles. The molecule has 0 bridgehead atoms. The number of hydrogen-bond acceptors (Lipinski definition) is 5. The summed E-state index contributed by atoms with van der Waals surface area (Å²) in [5.41, 5.74) is 1.97. The number of imide groups is 1. The van der Waals surface area contributed by atoms with Gasteiger partial charge in [-0.15, -0.1) is 0 Å². The number of benzene rings is 3. The third-order valence-electron chi connectivity index (χ3n) is 4.73. The molecule has 1 heterocycles. The lowest BCUT2D eigenvalue weighted by Crippen LogP contribution is -2.29. The van der Waals surface area contributed by atoms with Crippen LogP contribution in [0.1, 0.15) is 41.4 Å². The van der Waals surface area contributed by atoms with Gasteiger partial charge in [0.2, 0.25) is 0 Å². The molecule has 3 aromatic rings. The van der Waals surface area contributed by atoms with Crippen molar-refractivity contribution in [1.82, 2.24) is 0 Å². The van der Waals surface area contributed by atoms with E-state index in [1.807, 2.05) is 0 Å². The highest BCUT2D eigenvalue weighted by Crippen LogP contribution is 2.29. The Balaban J connectivity index is 1.56. The molecule has 0 radical (unpaired) electrons. The Bertz CT molecular complexity index is 1170. The van der Waals surface area contributed by atoms with E-state index in [1.54, 1.807) is 42.5 Å². The first kappa shape index (κ1) is 19.1. The molecule has 3 aromatic carbocycles. The van der Waals surface area contributed by atoms with Crippen LogP contribution in [0.5, 0.6) is 0 Å². The summed E-state index contributed by atoms with van der Waals surface area (Å²) in [7, 11) is 1.29. The zero-order chi connectivity index (χ0) is 21.3. The second-order valence-corrected chi connectivity index (χ2v) is 6.56. The minimum atomic E-state index is -0.474. The van der Waals surface area contributed by atoms with Crippen molar-refractivity contribution in [3.05, 3.63) is 95.1 Å². The fourth-order valence-electron chi connectivity index (χ4n) is 3.20. The van der Waals surface area contributed by atoms with Crippen LogP contribution >= 0.6 is 0 Å². The van der Waals surface area contributed by atoms with Gasteiger partial charge in [-0.05, 0) is 54.6 Å². The highest BCUT2D eigenvalue weighted by molar-refractivity contribution is 6.34. The van der Waals surface area contributed by atoms with E-state index in [9.17, 15) is 19.2 Å². The molecule has 0 aliphatic carbocycles. The molecule has 4 rings (SSSR count). The maximum absolute atomic E-state index is 12.8. The smallest absolute Gasteiger partial charge is 0.337 e. The number of methoxy groups -OCH3 is 1. The van der Waals surface area contributed by atoms with E-state index in [0.717, 1.165) is 4.90 Å². The van der Waals surface area contributed by atoms with E-state index in [-0.39, 0.29) is 16.7 Å². The molecule has 3 amide bonds. The van der Waals surface area contributed by atoms with Gasteiger partial charge in [-0.3, -0.25) is 14.4 Å². The number of esters is 1. The first-order chi connectivity index (χ1) is 14.5. The van der Waals surface area contributed by atoms with Gasteiger partial charge >= 0.3 is 5.97 Å². The summed E-state index contributed by atoms with van der Waals surface area (Å²) in [6, 6.07) is 19.2. The standard InChI is InChI=1S/C23H16N2O5/c1-30-23(29)14-7-10-16(11-8-14)24-20(26)15-9-12-18-19(13-15)22(28)25(21(18)27)17-5-3-2-4-6-17/h2-13H,1H3,(H,24,26). The maximum atomic E-state index is 12.8. The van der Waals surface area contributed by atoms with Crippen LogP contribution in [0.3, 0.4) is 0 Å². The van der Waals surface area contributed by atoms with Gasteiger partial charge in [-0.25, -0.2) is 9.69 Å². The van der Waals surface area contributed by atoms with Crippen LogP contribution in [-0.2, 0) is 4.74 Å². The zero-order valence-electron chi connectivity index (χ0n) is 15.9. The minimum absolute atomic E-state index is 0.178. The minimum Gasteiger partial charge on any atom is -0.465 e. The fraction of sp³-hybridized carbons (Fsp3) is 0.0435. The summed E-state index contributed by atoms with van der Waals surface area (Å²) < 4.78 is 4.64. The van der Waals surface area contributed by atoms with Crippen molar-refractivity contribution in [1.29, 1.82) is 0 Å². The van der Waals surface area contributed by atoms with Gasteiger partial charge in [0.1, 0.15) is 0 Å². The van der Waals surface area contributed by atoms with Gasteiger partial charge in [0.25, 0.3) is 17.7 Å². The van der Waals surface area contributed by atoms with Crippen molar-refractivity contribution in [2.75, 3.05) is 17.3 Å². The summed E-state index contributed by atoms with van der Waals surface area (Å²) in [6.07, 6.45) is 0. The second-order valence-electron chi connectivity index (χ2n) is 6.56. The predicted octanol–water partition coefficient (Wildman–Crippen LogP) is 3.53. The van der Waals surface area contributed by atoms with Crippen molar-refractivity contribution in [3.63, 3.8) is 0 Å². The van der Waals surface area contributed by atoms with Gasteiger partial charge in [0, 0.05) is 11.3 Å². The lowest BCUT2D eigenvalue weighted by Gasteiger charge is -2.13. The Labute approximate surface area is 171 Å². The average molecular weight is 400 g/mol. The SMILES string of the molecule is COC(=O)c1ccc(NC(=O)c2ccc3c(c2)C(=O)N(c2ccccc2)C3=O)cc1. The number of carbonyl (C=O) groups excluding carboxylic acids is 4. The monoisotopic (exact) mass is 400 g/mol. The van der Waals surface area contributed by atoms with E-state index in [1.165, 1.54) is 37.4 Å². The molecule has 1 N–H and O–H groups in total. The second kappa shape index (κ2) is 7.63. The van der Waals surface area contributed by atoms with Crippen molar-refractivity contribution in [2.45, 2.75) is 0 Å². The number of ether oxygens (including phenoxy) is 1. The molecular weight excluding hydrogens is 384 g/mol. The highest BCUT2D eigenvalue weighted by Gasteiger charge is 2.37. The molecule has 0 atom stereocenters. The molecular formula is C23H16N2O5. The number of carbonyl (C=O) groups is 4. The van der Waals surface area contributed by atoms with Crippen LogP contribution in [0.25, 0.3) is 0 Å². The number of para-hydroxylation sites is 1. The van der Waals surface area contributed by atoms with Crippen LogP contribution in [-0.4, -0.2) is 30.8 Å². The number of fused-ring (bicyclic) bond motifs is 1. The summed E-state index contributed by atoms with van der Waals surface area (Å²) in [6.45, 7) is 0. The molecule has 0 fully saturated rings. The number of rotatable bonds is 4. The Hall–Kier alpha value is -4.26. The van der Waals surface area contributed by atoms with Crippen molar-refractivity contribution in [2.24, 2.45) is 0 Å². The Morgan fingerprint density at radius 1 is 0.800 bits per heavy atom. The molecule has 0 saturated heterocycles. The zero-order valence-corrected chi connectivity index (χ0v) is 15.9. The topological polar surface area (TPSA) is 92.8 Å². The van der Waals surface area contributed by atoms with E-state index >= 15 is 0 Å². The number of hydrogen-bond donors (Lipinski definition) is 1. The van der Waals surface area contributed by atoms with Crippen LogP contribution in [0.15, 0.2) is 72.8 Å². The lowest BCUT2D eigenvalue weighted by molar-refractivity contribution is 0.0600. The number of nitrogens with zero attached hydrogens (tertiary/aromatic N) is 1. The Kier molecular flexibility index (Phi) is 4.85. The largest absolute Gasteiger partial charge is 0.465 e. The number of amides is 3. The molecule has 148 valence electrons. The normalized spacial score (nSPS) is 12.5. The molecule has 1 aliphatic rings. The summed E-state index contributed by atoms with van der Waals surface area (Å²) in [4.78, 5) is 50.7. The third-order valence-corrected chi connectivity index (χ3v) is 4.73. The Morgan fingerprint density at radius 3 is 2.10 bits per heavy atom. The van der Waals surface area contributed by atoms with Crippen LogP contribution in [0, 0.1) is 0 Å². The molecule has 0 spiro atoms. The van der Waals surface area contributed by atoms with E-state index in [0.29, 0.717) is 16.9 Å². The summed E-state index contributed by atoms with van der Waals surface area (Å²) in [5, 5.41) is 2.70. The molecule has 1 aliphatic heterocycles. The lowest BCUT2D eigenvalue weighted by atomic mass is 10.1. The average Bonchev–Trinajstić information content (AvgIpc) is 3.03. The summed E-state index contributed by atoms with van der Waals surface area (Å²) in [5.74, 6) is -1.82. The van der Waals surface area contributed by atoms with Crippen LogP contribution < -0.4 is 10.2 Å². The van der Waals surface area contributed by atoms with Gasteiger partial charge in [-0.1, -0.05) is 18.2 Å². The fourth-order valence-corrected chi connectivity index (χ4v) is 3.20. The first-order valence-corrected chi connectivity index (χ1v) is 9.07. The molecule has 30 heavy (non-hydrogen) atoms. The Morgan fingerprint density at radius 2 is 1.43 bits per heavy atom. The van der Waals surface area contributed by atoms with Crippen molar-refractivity contribution in [3.8, 4) is 0 Å². The molecule has 0 unspecified atom stereocenters. The van der Waals surface area contributed by atoms with E-state index in [2.05, 4.69) is 10.1 Å². The van der Waals surface area contributed by atoms with Gasteiger partial charge in [0.15, 0.2) is 0 Å². The first-order valence-electron chi connectivity index (χ1n) is 9.07. The molecule has 0 aromatic heterocycles. The van der Waals surface area contributed by atoms with Crippen LogP contribution in [0.2, 0.25) is 0 Å². The maximum Gasteiger partial charge on any atom is 0.337 e. The van der Waals surface area contributed by atoms with Gasteiger partial charge in [-0.2, -0.15) is 0 Å². The molecule has 7 heteroatoms. The van der Waals surface area contributed by atoms with Gasteiger partial charge in [0.05, 0.1) is 29.5 Å². The van der Waals surface area contributed by atoms with E-state index < -0.39 is 23.7 Å².